The third-order valence-corrected chi connectivity index (χ3v) is 4.77. The predicted octanol–water partition coefficient (Wildman–Crippen LogP) is 2.78. The number of carbonyl (C=O) groups is 1. The summed E-state index contributed by atoms with van der Waals surface area (Å²) in [5.74, 6) is 2.18. The zero-order valence-electron chi connectivity index (χ0n) is 17.0. The Bertz CT molecular complexity index is 790. The van der Waals surface area contributed by atoms with E-state index in [1.54, 1.807) is 12.3 Å². The molecule has 1 saturated heterocycles. The van der Waals surface area contributed by atoms with E-state index >= 15 is 0 Å². The second kappa shape index (κ2) is 9.59. The molecular weight excluding hydrogens is 356 g/mol. The van der Waals surface area contributed by atoms with Gasteiger partial charge in [0.1, 0.15) is 11.9 Å². The molecule has 0 spiro atoms. The molecular formula is C21H30N4O3. The molecule has 0 bridgehead atoms. The highest BCUT2D eigenvalue weighted by atomic mass is 16.5. The van der Waals surface area contributed by atoms with E-state index in [4.69, 9.17) is 9.47 Å². The Hall–Kier alpha value is -2.54. The van der Waals surface area contributed by atoms with Crippen LogP contribution >= 0.6 is 0 Å². The number of hydrogen-bond donors (Lipinski definition) is 1. The van der Waals surface area contributed by atoms with Gasteiger partial charge in [0, 0.05) is 44.6 Å². The second-order valence-corrected chi connectivity index (χ2v) is 6.97. The molecule has 1 aliphatic heterocycles. The fourth-order valence-corrected chi connectivity index (χ4v) is 3.34. The maximum atomic E-state index is 13.3. The van der Waals surface area contributed by atoms with E-state index in [0.29, 0.717) is 43.4 Å². The van der Waals surface area contributed by atoms with Crippen LogP contribution in [0.2, 0.25) is 0 Å². The summed E-state index contributed by atoms with van der Waals surface area (Å²) in [5.41, 5.74) is 0.607. The first-order chi connectivity index (χ1) is 13.7. The van der Waals surface area contributed by atoms with E-state index in [-0.39, 0.29) is 11.9 Å². The molecule has 1 fully saturated rings. The topological polar surface area (TPSA) is 68.6 Å². The Labute approximate surface area is 166 Å². The molecule has 2 aromatic rings. The van der Waals surface area contributed by atoms with Crippen LogP contribution in [0.15, 0.2) is 30.6 Å². The highest BCUT2D eigenvalue weighted by Gasteiger charge is 2.31. The fraction of sp³-hybridized carbons (Fsp3) is 0.524. The monoisotopic (exact) mass is 386 g/mol. The number of aryl methyl sites for hydroxylation is 1. The van der Waals surface area contributed by atoms with Gasteiger partial charge in [-0.2, -0.15) is 0 Å². The van der Waals surface area contributed by atoms with E-state index in [0.717, 1.165) is 25.2 Å². The molecule has 2 heterocycles. The second-order valence-electron chi connectivity index (χ2n) is 6.97. The van der Waals surface area contributed by atoms with Gasteiger partial charge in [-0.15, -0.1) is 0 Å². The number of hydrogen-bond acceptors (Lipinski definition) is 5. The molecule has 1 aromatic carbocycles. The van der Waals surface area contributed by atoms with Gasteiger partial charge in [-0.25, -0.2) is 4.98 Å². The Morgan fingerprint density at radius 1 is 1.21 bits per heavy atom. The van der Waals surface area contributed by atoms with Crippen LogP contribution in [0.3, 0.4) is 0 Å². The van der Waals surface area contributed by atoms with Crippen molar-refractivity contribution in [1.82, 2.24) is 19.8 Å². The summed E-state index contributed by atoms with van der Waals surface area (Å²) in [4.78, 5) is 19.7. The number of rotatable bonds is 8. The van der Waals surface area contributed by atoms with Crippen molar-refractivity contribution < 1.29 is 14.3 Å². The van der Waals surface area contributed by atoms with Gasteiger partial charge in [0.25, 0.3) is 5.91 Å². The van der Waals surface area contributed by atoms with Crippen molar-refractivity contribution in [3.05, 3.63) is 42.0 Å². The van der Waals surface area contributed by atoms with Crippen molar-refractivity contribution in [1.29, 1.82) is 0 Å². The van der Waals surface area contributed by atoms with Gasteiger partial charge in [0.05, 0.1) is 13.2 Å². The number of benzene rings is 1. The van der Waals surface area contributed by atoms with E-state index in [1.165, 1.54) is 0 Å². The number of nitrogens with zero attached hydrogens (tertiary/aromatic N) is 3. The van der Waals surface area contributed by atoms with Gasteiger partial charge >= 0.3 is 0 Å². The number of amides is 1. The molecule has 0 saturated carbocycles. The van der Waals surface area contributed by atoms with Crippen LogP contribution in [0.25, 0.3) is 0 Å². The van der Waals surface area contributed by atoms with Gasteiger partial charge in [0.2, 0.25) is 0 Å². The molecule has 3 rings (SSSR count). The van der Waals surface area contributed by atoms with Gasteiger partial charge in [-0.05, 0) is 31.0 Å². The van der Waals surface area contributed by atoms with Crippen LogP contribution in [0.4, 0.5) is 0 Å². The molecule has 7 heteroatoms. The molecule has 28 heavy (non-hydrogen) atoms. The average Bonchev–Trinajstić information content (AvgIpc) is 3.16. The SMILES string of the molecule is CCCOc1ccc(C(=O)N2CCNCC2c2nccn2C)cc1OCCC. The van der Waals surface area contributed by atoms with Gasteiger partial charge in [0.15, 0.2) is 11.5 Å². The zero-order valence-corrected chi connectivity index (χ0v) is 17.0. The Morgan fingerprint density at radius 2 is 1.96 bits per heavy atom. The molecule has 1 unspecified atom stereocenters. The summed E-state index contributed by atoms with van der Waals surface area (Å²) >= 11 is 0. The summed E-state index contributed by atoms with van der Waals surface area (Å²) in [6, 6.07) is 5.37. The standard InChI is InChI=1S/C21H30N4O3/c1-4-12-27-18-7-6-16(14-19(18)28-13-5-2)21(26)25-11-8-22-15-17(25)20-23-9-10-24(20)3/h6-7,9-10,14,17,22H,4-5,8,11-13,15H2,1-3H3. The number of imidazole rings is 1. The van der Waals surface area contributed by atoms with Crippen molar-refractivity contribution in [2.45, 2.75) is 32.7 Å². The normalized spacial score (nSPS) is 16.8. The first kappa shape index (κ1) is 20.2. The predicted molar refractivity (Wildman–Crippen MR) is 108 cm³/mol. The van der Waals surface area contributed by atoms with E-state index in [1.807, 2.05) is 34.8 Å². The Morgan fingerprint density at radius 3 is 2.64 bits per heavy atom. The molecule has 0 radical (unpaired) electrons. The van der Waals surface area contributed by atoms with Gasteiger partial charge in [-0.1, -0.05) is 13.8 Å². The average molecular weight is 386 g/mol. The quantitative estimate of drug-likeness (QED) is 0.756. The summed E-state index contributed by atoms with van der Waals surface area (Å²) in [5, 5.41) is 3.37. The van der Waals surface area contributed by atoms with Crippen molar-refractivity contribution in [3.8, 4) is 11.5 Å². The highest BCUT2D eigenvalue weighted by molar-refractivity contribution is 5.95. The first-order valence-corrected chi connectivity index (χ1v) is 10.0. The van der Waals surface area contributed by atoms with Gasteiger partial charge in [-0.3, -0.25) is 4.79 Å². The summed E-state index contributed by atoms with van der Waals surface area (Å²) in [7, 11) is 1.95. The molecule has 1 N–H and O–H groups in total. The molecule has 1 amide bonds. The molecule has 0 aliphatic carbocycles. The van der Waals surface area contributed by atoms with Gasteiger partial charge < -0.3 is 24.3 Å². The number of piperazine rings is 1. The van der Waals surface area contributed by atoms with E-state index in [2.05, 4.69) is 24.1 Å². The van der Waals surface area contributed by atoms with Crippen molar-refractivity contribution >= 4 is 5.91 Å². The number of nitrogens with one attached hydrogen (secondary N) is 1. The zero-order chi connectivity index (χ0) is 19.9. The van der Waals surface area contributed by atoms with E-state index in [9.17, 15) is 4.79 Å². The summed E-state index contributed by atoms with van der Waals surface area (Å²) in [6.45, 7) is 7.41. The molecule has 1 atom stereocenters. The maximum absolute atomic E-state index is 13.3. The van der Waals surface area contributed by atoms with Crippen LogP contribution in [-0.4, -0.2) is 53.2 Å². The minimum Gasteiger partial charge on any atom is -0.490 e. The van der Waals surface area contributed by atoms with Crippen LogP contribution < -0.4 is 14.8 Å². The van der Waals surface area contributed by atoms with Crippen molar-refractivity contribution in [2.75, 3.05) is 32.8 Å². The first-order valence-electron chi connectivity index (χ1n) is 10.0. The van der Waals surface area contributed by atoms with Crippen molar-refractivity contribution in [2.24, 2.45) is 7.05 Å². The Balaban J connectivity index is 1.86. The number of ether oxygens (including phenoxy) is 2. The highest BCUT2D eigenvalue weighted by Crippen LogP contribution is 2.31. The molecule has 7 nitrogen and oxygen atoms in total. The molecule has 1 aromatic heterocycles. The number of aromatic nitrogens is 2. The van der Waals surface area contributed by atoms with Crippen molar-refractivity contribution in [3.63, 3.8) is 0 Å². The summed E-state index contributed by atoms with van der Waals surface area (Å²) < 4.78 is 13.6. The molecule has 152 valence electrons. The van der Waals surface area contributed by atoms with Crippen LogP contribution in [-0.2, 0) is 7.05 Å². The lowest BCUT2D eigenvalue weighted by Crippen LogP contribution is -2.49. The third-order valence-electron chi connectivity index (χ3n) is 4.77. The largest absolute Gasteiger partial charge is 0.490 e. The Kier molecular flexibility index (Phi) is 6.92. The lowest BCUT2D eigenvalue weighted by Gasteiger charge is -2.36. The van der Waals surface area contributed by atoms with Crippen LogP contribution in [0.1, 0.15) is 48.9 Å². The fourth-order valence-electron chi connectivity index (χ4n) is 3.34. The molecule has 1 aliphatic rings. The lowest BCUT2D eigenvalue weighted by atomic mass is 10.1. The van der Waals surface area contributed by atoms with E-state index < -0.39 is 0 Å². The maximum Gasteiger partial charge on any atom is 0.254 e. The van der Waals surface area contributed by atoms with Crippen LogP contribution in [0.5, 0.6) is 11.5 Å². The lowest BCUT2D eigenvalue weighted by molar-refractivity contribution is 0.0620. The smallest absolute Gasteiger partial charge is 0.254 e. The minimum atomic E-state index is -0.0997. The minimum absolute atomic E-state index is 0.0158. The van der Waals surface area contributed by atoms with Crippen LogP contribution in [0, 0.1) is 0 Å². The number of carbonyl (C=O) groups excluding carboxylic acids is 1. The summed E-state index contributed by atoms with van der Waals surface area (Å²) in [6.07, 6.45) is 5.48. The third kappa shape index (κ3) is 4.47.